The molecule has 0 saturated carbocycles. The quantitative estimate of drug-likeness (QED) is 0.490. The number of ether oxygens (including phenoxy) is 1. The van der Waals surface area contributed by atoms with Crippen molar-refractivity contribution in [3.8, 4) is 5.75 Å². The number of esters is 1. The zero-order chi connectivity index (χ0) is 18.7. The number of unbranched alkanes of at least 4 members (excludes halogenated alkanes) is 1. The van der Waals surface area contributed by atoms with Gasteiger partial charge in [0.1, 0.15) is 11.3 Å². The van der Waals surface area contributed by atoms with Crippen LogP contribution < -0.4 is 0 Å². The van der Waals surface area contributed by atoms with Crippen molar-refractivity contribution in [1.29, 1.82) is 0 Å². The molecular formula is C20H19NO5. The smallest absolute Gasteiger partial charge is 0.341 e. The molecule has 26 heavy (non-hydrogen) atoms. The van der Waals surface area contributed by atoms with Crippen molar-refractivity contribution in [2.24, 2.45) is 0 Å². The summed E-state index contributed by atoms with van der Waals surface area (Å²) in [7, 11) is 0. The molecule has 0 atom stereocenters. The third kappa shape index (κ3) is 3.31. The first-order chi connectivity index (χ1) is 12.5. The topological polar surface area (TPSA) is 83.9 Å². The first-order valence-corrected chi connectivity index (χ1v) is 8.41. The zero-order valence-corrected chi connectivity index (χ0v) is 14.4. The number of aryl methyl sites for hydroxylation is 1. The molecule has 2 amide bonds. The largest absolute Gasteiger partial charge is 0.507 e. The third-order valence-electron chi connectivity index (χ3n) is 4.35. The normalized spacial score (nSPS) is 13.0. The number of phenolic OH excluding ortho intramolecular Hbond substituents is 1. The fraction of sp³-hybridized carbons (Fsp3) is 0.250. The van der Waals surface area contributed by atoms with Crippen molar-refractivity contribution in [3.05, 3.63) is 64.7 Å². The van der Waals surface area contributed by atoms with Crippen LogP contribution in [-0.4, -0.2) is 40.9 Å². The second-order valence-corrected chi connectivity index (χ2v) is 6.12. The summed E-state index contributed by atoms with van der Waals surface area (Å²) in [4.78, 5) is 37.7. The highest BCUT2D eigenvalue weighted by Crippen LogP contribution is 2.23. The Morgan fingerprint density at radius 1 is 1.00 bits per heavy atom. The Hall–Kier alpha value is -3.15. The number of rotatable bonds is 6. The Bertz CT molecular complexity index is 839. The molecule has 0 saturated heterocycles. The summed E-state index contributed by atoms with van der Waals surface area (Å²) in [6.07, 6.45) is 1.03. The van der Waals surface area contributed by atoms with Gasteiger partial charge in [-0.05, 0) is 43.5 Å². The molecule has 134 valence electrons. The molecular weight excluding hydrogens is 334 g/mol. The minimum Gasteiger partial charge on any atom is -0.507 e. The van der Waals surface area contributed by atoms with Crippen LogP contribution in [0.2, 0.25) is 0 Å². The van der Waals surface area contributed by atoms with Crippen molar-refractivity contribution in [2.75, 3.05) is 13.2 Å². The molecule has 2 aromatic carbocycles. The Morgan fingerprint density at radius 2 is 1.65 bits per heavy atom. The van der Waals surface area contributed by atoms with Crippen LogP contribution in [0.5, 0.6) is 5.75 Å². The summed E-state index contributed by atoms with van der Waals surface area (Å²) in [6.45, 7) is 2.13. The molecule has 1 aliphatic heterocycles. The number of phenols is 1. The summed E-state index contributed by atoms with van der Waals surface area (Å²) in [5.74, 6) is -1.24. The van der Waals surface area contributed by atoms with Crippen LogP contribution in [0.1, 0.15) is 49.5 Å². The molecule has 6 nitrogen and oxygen atoms in total. The Labute approximate surface area is 151 Å². The summed E-state index contributed by atoms with van der Waals surface area (Å²) in [6, 6.07) is 11.6. The Kier molecular flexibility index (Phi) is 5.02. The van der Waals surface area contributed by atoms with Gasteiger partial charge in [0.2, 0.25) is 0 Å². The minimum atomic E-state index is -0.591. The number of aromatic hydroxyl groups is 1. The predicted octanol–water partition coefficient (Wildman–Crippen LogP) is 2.93. The second-order valence-electron chi connectivity index (χ2n) is 6.12. The molecule has 1 aliphatic rings. The monoisotopic (exact) mass is 353 g/mol. The van der Waals surface area contributed by atoms with E-state index in [0.717, 1.165) is 0 Å². The van der Waals surface area contributed by atoms with Gasteiger partial charge in [-0.2, -0.15) is 0 Å². The maximum atomic E-state index is 12.2. The van der Waals surface area contributed by atoms with Crippen LogP contribution in [-0.2, 0) is 4.74 Å². The number of carbonyl (C=O) groups is 3. The van der Waals surface area contributed by atoms with E-state index in [9.17, 15) is 19.5 Å². The highest BCUT2D eigenvalue weighted by atomic mass is 16.5. The van der Waals surface area contributed by atoms with E-state index in [4.69, 9.17) is 4.74 Å². The number of benzene rings is 2. The Balaban J connectivity index is 1.47. The number of para-hydroxylation sites is 1. The highest BCUT2D eigenvalue weighted by Gasteiger charge is 2.34. The van der Waals surface area contributed by atoms with Gasteiger partial charge >= 0.3 is 5.97 Å². The van der Waals surface area contributed by atoms with Crippen LogP contribution in [0, 0.1) is 6.92 Å². The molecule has 2 aromatic rings. The zero-order valence-electron chi connectivity index (χ0n) is 14.4. The van der Waals surface area contributed by atoms with Crippen molar-refractivity contribution >= 4 is 17.8 Å². The number of hydrogen-bond acceptors (Lipinski definition) is 5. The molecule has 0 unspecified atom stereocenters. The van der Waals surface area contributed by atoms with Crippen LogP contribution >= 0.6 is 0 Å². The molecule has 0 bridgehead atoms. The number of nitrogens with zero attached hydrogens (tertiary/aromatic N) is 1. The van der Waals surface area contributed by atoms with Crippen LogP contribution in [0.25, 0.3) is 0 Å². The summed E-state index contributed by atoms with van der Waals surface area (Å²) >= 11 is 0. The predicted molar refractivity (Wildman–Crippen MR) is 94.2 cm³/mol. The molecule has 0 aliphatic carbocycles. The lowest BCUT2D eigenvalue weighted by atomic mass is 10.1. The maximum absolute atomic E-state index is 12.2. The number of carbonyl (C=O) groups excluding carboxylic acids is 3. The van der Waals surface area contributed by atoms with Crippen molar-refractivity contribution in [3.63, 3.8) is 0 Å². The third-order valence-corrected chi connectivity index (χ3v) is 4.35. The van der Waals surface area contributed by atoms with Gasteiger partial charge < -0.3 is 9.84 Å². The second kappa shape index (κ2) is 7.39. The summed E-state index contributed by atoms with van der Waals surface area (Å²) in [5.41, 5.74) is 1.59. The molecule has 0 fully saturated rings. The van der Waals surface area contributed by atoms with E-state index in [2.05, 4.69) is 0 Å². The first-order valence-electron chi connectivity index (χ1n) is 8.41. The van der Waals surface area contributed by atoms with E-state index >= 15 is 0 Å². The molecule has 1 N–H and O–H groups in total. The fourth-order valence-corrected chi connectivity index (χ4v) is 2.88. The van der Waals surface area contributed by atoms with Gasteiger partial charge in [0, 0.05) is 6.54 Å². The number of amides is 2. The van der Waals surface area contributed by atoms with Gasteiger partial charge in [0.15, 0.2) is 0 Å². The van der Waals surface area contributed by atoms with Gasteiger partial charge in [0.05, 0.1) is 17.7 Å². The molecule has 1 heterocycles. The summed E-state index contributed by atoms with van der Waals surface area (Å²) < 4.78 is 5.16. The SMILES string of the molecule is Cc1cccc(C(=O)OCCCCN2C(=O)c3ccccc3C2=O)c1O. The van der Waals surface area contributed by atoms with Gasteiger partial charge in [0.25, 0.3) is 11.8 Å². The van der Waals surface area contributed by atoms with E-state index in [1.54, 1.807) is 43.3 Å². The average molecular weight is 353 g/mol. The van der Waals surface area contributed by atoms with Crippen molar-refractivity contribution < 1.29 is 24.2 Å². The van der Waals surface area contributed by atoms with Crippen molar-refractivity contribution in [1.82, 2.24) is 4.90 Å². The standard InChI is InChI=1S/C20H19NO5/c1-13-7-6-10-16(17(13)22)20(25)26-12-5-4-11-21-18(23)14-8-2-3-9-15(14)19(21)24/h2-3,6-10,22H,4-5,11-12H2,1H3. The Morgan fingerprint density at radius 3 is 2.31 bits per heavy atom. The van der Waals surface area contributed by atoms with Crippen LogP contribution in [0.15, 0.2) is 42.5 Å². The highest BCUT2D eigenvalue weighted by molar-refractivity contribution is 6.21. The molecule has 0 radical (unpaired) electrons. The number of fused-ring (bicyclic) bond motifs is 1. The lowest BCUT2D eigenvalue weighted by molar-refractivity contribution is 0.0482. The molecule has 0 aromatic heterocycles. The lowest BCUT2D eigenvalue weighted by Gasteiger charge is -2.13. The van der Waals surface area contributed by atoms with Crippen LogP contribution in [0.4, 0.5) is 0 Å². The molecule has 0 spiro atoms. The maximum Gasteiger partial charge on any atom is 0.341 e. The first kappa shape index (κ1) is 17.7. The van der Waals surface area contributed by atoms with E-state index < -0.39 is 5.97 Å². The van der Waals surface area contributed by atoms with E-state index in [0.29, 0.717) is 29.5 Å². The van der Waals surface area contributed by atoms with Crippen LogP contribution in [0.3, 0.4) is 0 Å². The molecule has 6 heteroatoms. The van der Waals surface area contributed by atoms with E-state index in [-0.39, 0.29) is 36.3 Å². The minimum absolute atomic E-state index is 0.0801. The van der Waals surface area contributed by atoms with Gasteiger partial charge in [-0.25, -0.2) is 4.79 Å². The summed E-state index contributed by atoms with van der Waals surface area (Å²) in [5, 5.41) is 9.88. The van der Waals surface area contributed by atoms with E-state index in [1.807, 2.05) is 0 Å². The fourth-order valence-electron chi connectivity index (χ4n) is 2.88. The van der Waals surface area contributed by atoms with Gasteiger partial charge in [-0.1, -0.05) is 24.3 Å². The lowest BCUT2D eigenvalue weighted by Crippen LogP contribution is -2.30. The van der Waals surface area contributed by atoms with Crippen molar-refractivity contribution in [2.45, 2.75) is 19.8 Å². The van der Waals surface area contributed by atoms with Gasteiger partial charge in [-0.3, -0.25) is 14.5 Å². The van der Waals surface area contributed by atoms with E-state index in [1.165, 1.54) is 11.0 Å². The number of hydrogen-bond donors (Lipinski definition) is 1. The average Bonchev–Trinajstić information content (AvgIpc) is 2.88. The molecule has 3 rings (SSSR count). The van der Waals surface area contributed by atoms with Gasteiger partial charge in [-0.15, -0.1) is 0 Å². The number of imide groups is 1.